The van der Waals surface area contributed by atoms with Crippen molar-refractivity contribution in [1.82, 2.24) is 0 Å². The van der Waals surface area contributed by atoms with E-state index in [1.807, 2.05) is 0 Å². The van der Waals surface area contributed by atoms with E-state index in [2.05, 4.69) is 8.83 Å². The molecule has 0 fully saturated rings. The van der Waals surface area contributed by atoms with Crippen LogP contribution in [0.25, 0.3) is 0 Å². The van der Waals surface area contributed by atoms with Gasteiger partial charge in [0.05, 0.1) is 0 Å². The van der Waals surface area contributed by atoms with Crippen LogP contribution in [0.3, 0.4) is 0 Å². The zero-order valence-electron chi connectivity index (χ0n) is 10.6. The van der Waals surface area contributed by atoms with Crippen molar-refractivity contribution in [2.45, 2.75) is 39.9 Å². The highest BCUT2D eigenvalue weighted by atomic mass is 16.6. The van der Waals surface area contributed by atoms with Crippen LogP contribution in [0.5, 0.6) is 0 Å². The molecule has 7 nitrogen and oxygen atoms in total. The molecule has 0 aliphatic heterocycles. The summed E-state index contributed by atoms with van der Waals surface area (Å²) >= 11 is 0. The molecule has 1 rings (SSSR count). The van der Waals surface area contributed by atoms with Crippen molar-refractivity contribution in [3.8, 4) is 0 Å². The first kappa shape index (κ1) is 14.0. The van der Waals surface area contributed by atoms with Crippen molar-refractivity contribution in [3.63, 3.8) is 0 Å². The molecule has 7 heteroatoms. The number of carbonyl (C=O) groups is 2. The molecule has 0 radical (unpaired) electrons. The third kappa shape index (κ3) is 3.47. The number of ether oxygens (including phenoxy) is 2. The first-order chi connectivity index (χ1) is 8.22. The number of hydrogen-bond donors (Lipinski definition) is 0. The summed E-state index contributed by atoms with van der Waals surface area (Å²) in [6, 6.07) is 0. The SMILES string of the molecule is CC(=O)OC(C)(C)C(=O)OCc1oc(=O)oc1C. The maximum absolute atomic E-state index is 11.6. The van der Waals surface area contributed by atoms with E-state index in [1.54, 1.807) is 0 Å². The van der Waals surface area contributed by atoms with E-state index >= 15 is 0 Å². The summed E-state index contributed by atoms with van der Waals surface area (Å²) < 4.78 is 18.9. The van der Waals surface area contributed by atoms with Crippen LogP contribution in [0.2, 0.25) is 0 Å². The fourth-order valence-electron chi connectivity index (χ4n) is 1.21. The summed E-state index contributed by atoms with van der Waals surface area (Å²) in [6.45, 7) is 5.23. The number of carbonyl (C=O) groups excluding carboxylic acids is 2. The molecule has 1 aromatic heterocycles. The third-order valence-corrected chi connectivity index (χ3v) is 2.06. The lowest BCUT2D eigenvalue weighted by molar-refractivity contribution is -0.178. The molecule has 100 valence electrons. The molecule has 0 unspecified atom stereocenters. The molecule has 0 aliphatic rings. The van der Waals surface area contributed by atoms with Gasteiger partial charge in [0, 0.05) is 6.92 Å². The summed E-state index contributed by atoms with van der Waals surface area (Å²) in [6.07, 6.45) is 0. The predicted octanol–water partition coefficient (Wildman–Crippen LogP) is 0.926. The van der Waals surface area contributed by atoms with Gasteiger partial charge in [-0.2, -0.15) is 0 Å². The maximum Gasteiger partial charge on any atom is 0.519 e. The van der Waals surface area contributed by atoms with Crippen LogP contribution >= 0.6 is 0 Å². The van der Waals surface area contributed by atoms with Crippen LogP contribution in [0.1, 0.15) is 32.3 Å². The largest absolute Gasteiger partial charge is 0.519 e. The highest BCUT2D eigenvalue weighted by Crippen LogP contribution is 2.14. The van der Waals surface area contributed by atoms with Crippen molar-refractivity contribution in [3.05, 3.63) is 22.1 Å². The Bertz CT molecular complexity index is 506. The number of hydrogen-bond acceptors (Lipinski definition) is 7. The fraction of sp³-hybridized carbons (Fsp3) is 0.545. The zero-order valence-corrected chi connectivity index (χ0v) is 10.6. The molecule has 0 saturated carbocycles. The maximum atomic E-state index is 11.6. The molecule has 0 spiro atoms. The lowest BCUT2D eigenvalue weighted by atomic mass is 10.1. The van der Waals surface area contributed by atoms with E-state index < -0.39 is 23.4 Å². The summed E-state index contributed by atoms with van der Waals surface area (Å²) in [5.41, 5.74) is -1.40. The predicted molar refractivity (Wildman–Crippen MR) is 57.6 cm³/mol. The highest BCUT2D eigenvalue weighted by molar-refractivity contribution is 5.81. The van der Waals surface area contributed by atoms with Gasteiger partial charge < -0.3 is 18.3 Å². The Morgan fingerprint density at radius 3 is 2.33 bits per heavy atom. The van der Waals surface area contributed by atoms with E-state index in [0.717, 1.165) is 0 Å². The number of rotatable bonds is 4. The van der Waals surface area contributed by atoms with Gasteiger partial charge in [-0.15, -0.1) is 0 Å². The molecule has 0 aliphatic carbocycles. The van der Waals surface area contributed by atoms with Crippen LogP contribution < -0.4 is 5.82 Å². The van der Waals surface area contributed by atoms with E-state index in [0.29, 0.717) is 0 Å². The molecule has 1 heterocycles. The Labute approximate surface area is 103 Å². The van der Waals surface area contributed by atoms with Crippen LogP contribution in [0.15, 0.2) is 13.6 Å². The quantitative estimate of drug-likeness (QED) is 0.741. The van der Waals surface area contributed by atoms with E-state index in [9.17, 15) is 14.4 Å². The van der Waals surface area contributed by atoms with E-state index in [1.165, 1.54) is 27.7 Å². The van der Waals surface area contributed by atoms with Crippen molar-refractivity contribution >= 4 is 11.9 Å². The van der Waals surface area contributed by atoms with E-state index in [4.69, 9.17) is 9.47 Å². The molecular formula is C11H14O7. The summed E-state index contributed by atoms with van der Waals surface area (Å²) in [5, 5.41) is 0. The van der Waals surface area contributed by atoms with Crippen LogP contribution in [0.4, 0.5) is 0 Å². The Morgan fingerprint density at radius 2 is 1.89 bits per heavy atom. The number of aryl methyl sites for hydroxylation is 1. The zero-order chi connectivity index (χ0) is 13.9. The van der Waals surface area contributed by atoms with Gasteiger partial charge in [0.2, 0.25) is 5.60 Å². The van der Waals surface area contributed by atoms with E-state index in [-0.39, 0.29) is 18.1 Å². The van der Waals surface area contributed by atoms with Crippen molar-refractivity contribution in [1.29, 1.82) is 0 Å². The summed E-state index contributed by atoms with van der Waals surface area (Å²) in [4.78, 5) is 33.2. The van der Waals surface area contributed by atoms with Gasteiger partial charge in [-0.3, -0.25) is 4.79 Å². The Balaban J connectivity index is 2.63. The second kappa shape index (κ2) is 5.07. The second-order valence-electron chi connectivity index (χ2n) is 4.11. The van der Waals surface area contributed by atoms with Crippen LogP contribution in [-0.4, -0.2) is 17.5 Å². The highest BCUT2D eigenvalue weighted by Gasteiger charge is 2.33. The Morgan fingerprint density at radius 1 is 1.28 bits per heavy atom. The standard InChI is InChI=1S/C11H14O7/c1-6-8(17-10(14)16-6)5-15-9(13)11(3,4)18-7(2)12/h5H2,1-4H3. The fourth-order valence-corrected chi connectivity index (χ4v) is 1.21. The monoisotopic (exact) mass is 258 g/mol. The van der Waals surface area contributed by atoms with Crippen molar-refractivity contribution in [2.24, 2.45) is 0 Å². The first-order valence-corrected chi connectivity index (χ1v) is 5.18. The topological polar surface area (TPSA) is 96.0 Å². The van der Waals surface area contributed by atoms with Crippen LogP contribution in [0, 0.1) is 6.92 Å². The second-order valence-corrected chi connectivity index (χ2v) is 4.11. The average molecular weight is 258 g/mol. The van der Waals surface area contributed by atoms with Crippen molar-refractivity contribution < 1.29 is 27.9 Å². The van der Waals surface area contributed by atoms with Gasteiger partial charge in [0.1, 0.15) is 0 Å². The van der Waals surface area contributed by atoms with Gasteiger partial charge >= 0.3 is 17.8 Å². The molecule has 18 heavy (non-hydrogen) atoms. The molecule has 0 amide bonds. The van der Waals surface area contributed by atoms with Gasteiger partial charge in [0.25, 0.3) is 0 Å². The molecular weight excluding hydrogens is 244 g/mol. The lowest BCUT2D eigenvalue weighted by Crippen LogP contribution is -2.38. The summed E-state index contributed by atoms with van der Waals surface area (Å²) in [5.74, 6) is -1.85. The minimum Gasteiger partial charge on any atom is -0.454 e. The molecule has 1 aromatic rings. The number of esters is 2. The lowest BCUT2D eigenvalue weighted by Gasteiger charge is -2.21. The van der Waals surface area contributed by atoms with Crippen LogP contribution in [-0.2, 0) is 25.7 Å². The van der Waals surface area contributed by atoms with Gasteiger partial charge in [0.15, 0.2) is 18.1 Å². The van der Waals surface area contributed by atoms with Crippen molar-refractivity contribution in [2.75, 3.05) is 0 Å². The van der Waals surface area contributed by atoms with Gasteiger partial charge in [-0.1, -0.05) is 0 Å². The smallest absolute Gasteiger partial charge is 0.454 e. The Hall–Kier alpha value is -2.05. The third-order valence-electron chi connectivity index (χ3n) is 2.06. The first-order valence-electron chi connectivity index (χ1n) is 5.18. The van der Waals surface area contributed by atoms with Gasteiger partial charge in [-0.25, -0.2) is 9.59 Å². The summed E-state index contributed by atoms with van der Waals surface area (Å²) in [7, 11) is 0. The molecule has 0 aromatic carbocycles. The molecule has 0 bridgehead atoms. The minimum atomic E-state index is -1.40. The molecule has 0 N–H and O–H groups in total. The minimum absolute atomic E-state index is 0.118. The Kier molecular flexibility index (Phi) is 3.95. The molecule has 0 saturated heterocycles. The normalized spacial score (nSPS) is 11.1. The average Bonchev–Trinajstić information content (AvgIpc) is 2.51. The van der Waals surface area contributed by atoms with Gasteiger partial charge in [-0.05, 0) is 20.8 Å². The molecule has 0 atom stereocenters.